The molecule has 188 valence electrons. The summed E-state index contributed by atoms with van der Waals surface area (Å²) in [5.74, 6) is -0.280. The topological polar surface area (TPSA) is 91.9 Å². The van der Waals surface area contributed by atoms with E-state index in [-0.39, 0.29) is 17.9 Å². The van der Waals surface area contributed by atoms with Gasteiger partial charge in [0, 0.05) is 34.2 Å². The summed E-state index contributed by atoms with van der Waals surface area (Å²) in [5.41, 5.74) is 3.08. The van der Waals surface area contributed by atoms with E-state index < -0.39 is 17.7 Å². The van der Waals surface area contributed by atoms with Crippen molar-refractivity contribution in [1.82, 2.24) is 9.88 Å². The van der Waals surface area contributed by atoms with Crippen molar-refractivity contribution in [2.75, 3.05) is 20.8 Å². The largest absolute Gasteiger partial charge is 0.507 e. The van der Waals surface area contributed by atoms with Gasteiger partial charge in [-0.3, -0.25) is 9.59 Å². The van der Waals surface area contributed by atoms with E-state index in [1.807, 2.05) is 24.4 Å². The van der Waals surface area contributed by atoms with Crippen molar-refractivity contribution in [1.29, 1.82) is 0 Å². The van der Waals surface area contributed by atoms with Crippen LogP contribution in [0, 0.1) is 0 Å². The van der Waals surface area contributed by atoms with Crippen LogP contribution >= 0.6 is 11.6 Å². The number of aliphatic hydroxyl groups is 1. The molecule has 0 aliphatic carbocycles. The Labute approximate surface area is 218 Å². The fourth-order valence-corrected chi connectivity index (χ4v) is 4.86. The van der Waals surface area contributed by atoms with Gasteiger partial charge in [-0.15, -0.1) is 0 Å². The summed E-state index contributed by atoms with van der Waals surface area (Å²) in [5, 5.41) is 12.7. The number of carbonyl (C=O) groups is 2. The van der Waals surface area contributed by atoms with Crippen LogP contribution in [0.15, 0.2) is 78.5 Å². The predicted octanol–water partition coefficient (Wildman–Crippen LogP) is 5.50. The molecule has 8 heteroatoms. The molecule has 1 amide bonds. The van der Waals surface area contributed by atoms with Gasteiger partial charge in [-0.2, -0.15) is 0 Å². The molecule has 5 rings (SSSR count). The van der Waals surface area contributed by atoms with Crippen LogP contribution in [-0.4, -0.2) is 47.4 Å². The Morgan fingerprint density at radius 1 is 0.973 bits per heavy atom. The van der Waals surface area contributed by atoms with Crippen molar-refractivity contribution in [3.05, 3.63) is 100 Å². The van der Waals surface area contributed by atoms with Gasteiger partial charge in [0.1, 0.15) is 17.3 Å². The first kappa shape index (κ1) is 24.5. The van der Waals surface area contributed by atoms with Crippen molar-refractivity contribution in [3.8, 4) is 11.5 Å². The highest BCUT2D eigenvalue weighted by molar-refractivity contribution is 6.46. The number of carbonyl (C=O) groups excluding carboxylic acids is 2. The third-order valence-corrected chi connectivity index (χ3v) is 6.94. The first-order valence-corrected chi connectivity index (χ1v) is 12.1. The lowest BCUT2D eigenvalue weighted by Crippen LogP contribution is -2.31. The van der Waals surface area contributed by atoms with Crippen LogP contribution in [0.3, 0.4) is 0 Å². The van der Waals surface area contributed by atoms with Gasteiger partial charge in [-0.1, -0.05) is 23.7 Å². The maximum atomic E-state index is 13.3. The second kappa shape index (κ2) is 10.0. The highest BCUT2D eigenvalue weighted by atomic mass is 35.5. The first-order chi connectivity index (χ1) is 17.9. The molecule has 37 heavy (non-hydrogen) atoms. The Morgan fingerprint density at radius 3 is 2.32 bits per heavy atom. The minimum absolute atomic E-state index is 0.0399. The van der Waals surface area contributed by atoms with Gasteiger partial charge in [0.2, 0.25) is 0 Å². The molecule has 1 aliphatic heterocycles. The number of aromatic nitrogens is 1. The number of ether oxygens (including phenoxy) is 2. The van der Waals surface area contributed by atoms with Crippen molar-refractivity contribution < 1.29 is 24.2 Å². The van der Waals surface area contributed by atoms with Crippen LogP contribution in [0.5, 0.6) is 11.5 Å². The third kappa shape index (κ3) is 4.54. The number of hydrogen-bond acceptors (Lipinski definition) is 5. The van der Waals surface area contributed by atoms with E-state index in [9.17, 15) is 14.7 Å². The van der Waals surface area contributed by atoms with Gasteiger partial charge in [0.25, 0.3) is 11.7 Å². The molecule has 2 heterocycles. The number of Topliss-reactive ketones (excluding diaryl/α,β-unsaturated/α-hetero) is 1. The zero-order valence-corrected chi connectivity index (χ0v) is 21.1. The van der Waals surface area contributed by atoms with Gasteiger partial charge in [0.05, 0.1) is 25.8 Å². The summed E-state index contributed by atoms with van der Waals surface area (Å²) < 4.78 is 10.6. The fourth-order valence-electron chi connectivity index (χ4n) is 4.74. The van der Waals surface area contributed by atoms with Gasteiger partial charge in [0.15, 0.2) is 0 Å². The lowest BCUT2D eigenvalue weighted by molar-refractivity contribution is -0.139. The number of likely N-dealkylation sites (tertiary alicyclic amines) is 1. The number of benzene rings is 3. The number of nitrogens with zero attached hydrogens (tertiary/aromatic N) is 1. The number of fused-ring (bicyclic) bond motifs is 1. The first-order valence-electron chi connectivity index (χ1n) is 11.7. The van der Waals surface area contributed by atoms with Gasteiger partial charge in [-0.05, 0) is 72.1 Å². The standard InChI is InChI=1S/C29H25ClN2O5/c1-36-21-9-5-18(6-10-21)27(33)25-26(17-3-7-20(30)8-4-17)32(29(35)28(25)34)14-13-19-16-31-24-12-11-22(37-2)15-23(19)24/h3-12,15-16,26,31,33H,13-14H2,1-2H3/t26-/m0/s1. The molecule has 3 aromatic carbocycles. The zero-order valence-electron chi connectivity index (χ0n) is 20.3. The number of halogens is 1. The van der Waals surface area contributed by atoms with E-state index in [2.05, 4.69) is 4.98 Å². The van der Waals surface area contributed by atoms with E-state index in [4.69, 9.17) is 21.1 Å². The molecule has 2 N–H and O–H groups in total. The number of aromatic amines is 1. The number of nitrogens with one attached hydrogen (secondary N) is 1. The summed E-state index contributed by atoms with van der Waals surface area (Å²) in [6.45, 7) is 0.265. The Morgan fingerprint density at radius 2 is 1.65 bits per heavy atom. The number of amides is 1. The van der Waals surface area contributed by atoms with Gasteiger partial charge < -0.3 is 24.5 Å². The van der Waals surface area contributed by atoms with Crippen LogP contribution in [0.25, 0.3) is 16.7 Å². The summed E-state index contributed by atoms with van der Waals surface area (Å²) in [6, 6.07) is 18.6. The van der Waals surface area contributed by atoms with Crippen molar-refractivity contribution in [3.63, 3.8) is 0 Å². The number of methoxy groups -OCH3 is 2. The van der Waals surface area contributed by atoms with Gasteiger partial charge in [-0.25, -0.2) is 0 Å². The van der Waals surface area contributed by atoms with Crippen LogP contribution < -0.4 is 9.47 Å². The molecule has 1 atom stereocenters. The fraction of sp³-hybridized carbons (Fsp3) is 0.172. The molecule has 1 aromatic heterocycles. The minimum Gasteiger partial charge on any atom is -0.507 e. The predicted molar refractivity (Wildman–Crippen MR) is 142 cm³/mol. The summed E-state index contributed by atoms with van der Waals surface area (Å²) in [7, 11) is 3.16. The number of rotatable bonds is 7. The quantitative estimate of drug-likeness (QED) is 0.192. The molecule has 0 bridgehead atoms. The second-order valence-corrected chi connectivity index (χ2v) is 9.18. The molecular formula is C29H25ClN2O5. The lowest BCUT2D eigenvalue weighted by Gasteiger charge is -2.25. The Kier molecular flexibility index (Phi) is 6.63. The average molecular weight is 517 g/mol. The monoisotopic (exact) mass is 516 g/mol. The molecule has 4 aromatic rings. The molecule has 0 saturated carbocycles. The normalized spacial score (nSPS) is 16.9. The average Bonchev–Trinajstić information content (AvgIpc) is 3.44. The third-order valence-electron chi connectivity index (χ3n) is 6.69. The Balaban J connectivity index is 1.54. The van der Waals surface area contributed by atoms with Crippen LogP contribution in [-0.2, 0) is 16.0 Å². The maximum absolute atomic E-state index is 13.3. The number of ketones is 1. The lowest BCUT2D eigenvalue weighted by atomic mass is 9.95. The van der Waals surface area contributed by atoms with E-state index in [1.54, 1.807) is 62.8 Å². The SMILES string of the molecule is COc1ccc(C(O)=C2C(=O)C(=O)N(CCc3c[nH]c4ccc(OC)cc34)[C@H]2c2ccc(Cl)cc2)cc1. The Hall–Kier alpha value is -4.23. The van der Waals surface area contributed by atoms with Gasteiger partial charge >= 0.3 is 0 Å². The molecule has 0 unspecified atom stereocenters. The van der Waals surface area contributed by atoms with Crippen molar-refractivity contribution >= 4 is 40.0 Å². The Bertz CT molecular complexity index is 1510. The zero-order chi connectivity index (χ0) is 26.1. The summed E-state index contributed by atoms with van der Waals surface area (Å²) >= 11 is 6.11. The van der Waals surface area contributed by atoms with E-state index in [0.717, 1.165) is 22.2 Å². The molecule has 7 nitrogen and oxygen atoms in total. The number of hydrogen-bond donors (Lipinski definition) is 2. The molecule has 1 fully saturated rings. The van der Waals surface area contributed by atoms with Crippen molar-refractivity contribution in [2.24, 2.45) is 0 Å². The smallest absolute Gasteiger partial charge is 0.295 e. The van der Waals surface area contributed by atoms with Crippen molar-refractivity contribution in [2.45, 2.75) is 12.5 Å². The van der Waals surface area contributed by atoms with Crippen LogP contribution in [0.4, 0.5) is 0 Å². The van der Waals surface area contributed by atoms with E-state index in [1.165, 1.54) is 4.90 Å². The molecule has 0 spiro atoms. The molecule has 0 radical (unpaired) electrons. The highest BCUT2D eigenvalue weighted by Crippen LogP contribution is 2.40. The number of H-pyrrole nitrogens is 1. The minimum atomic E-state index is -0.765. The maximum Gasteiger partial charge on any atom is 0.295 e. The van der Waals surface area contributed by atoms with Crippen LogP contribution in [0.2, 0.25) is 5.02 Å². The molecule has 1 saturated heterocycles. The summed E-state index contributed by atoms with van der Waals surface area (Å²) in [4.78, 5) is 31.3. The second-order valence-electron chi connectivity index (χ2n) is 8.75. The van der Waals surface area contributed by atoms with Crippen LogP contribution in [0.1, 0.15) is 22.7 Å². The van der Waals surface area contributed by atoms with E-state index >= 15 is 0 Å². The van der Waals surface area contributed by atoms with E-state index in [0.29, 0.717) is 28.3 Å². The molecular weight excluding hydrogens is 492 g/mol. The summed E-state index contributed by atoms with van der Waals surface area (Å²) in [6.07, 6.45) is 2.39. The molecule has 1 aliphatic rings. The number of aliphatic hydroxyl groups excluding tert-OH is 1. The highest BCUT2D eigenvalue weighted by Gasteiger charge is 2.45.